The molecule has 6 heteroatoms. The van der Waals surface area contributed by atoms with Crippen molar-refractivity contribution >= 4 is 11.3 Å². The Balaban J connectivity index is 1.79. The van der Waals surface area contributed by atoms with E-state index in [0.29, 0.717) is 12.0 Å². The molecule has 0 radical (unpaired) electrons. The summed E-state index contributed by atoms with van der Waals surface area (Å²) in [6.45, 7) is 7.85. The highest BCUT2D eigenvalue weighted by Gasteiger charge is 2.23. The molecule has 21 heavy (non-hydrogen) atoms. The second kappa shape index (κ2) is 7.61. The minimum absolute atomic E-state index is 0.0912. The summed E-state index contributed by atoms with van der Waals surface area (Å²) in [7, 11) is 0. The molecular formula is C15H25F2N3S. The average molecular weight is 317 g/mol. The van der Waals surface area contributed by atoms with Crippen LogP contribution in [0.3, 0.4) is 0 Å². The van der Waals surface area contributed by atoms with Gasteiger partial charge in [-0.05, 0) is 32.9 Å². The zero-order valence-electron chi connectivity index (χ0n) is 13.0. The predicted octanol–water partition coefficient (Wildman–Crippen LogP) is 3.65. The van der Waals surface area contributed by atoms with Crippen LogP contribution in [0.25, 0.3) is 0 Å². The maximum absolute atomic E-state index is 12.4. The van der Waals surface area contributed by atoms with Crippen LogP contribution in [0.4, 0.5) is 8.78 Å². The number of halogens is 2. The van der Waals surface area contributed by atoms with Crippen molar-refractivity contribution in [2.24, 2.45) is 0 Å². The van der Waals surface area contributed by atoms with E-state index in [1.165, 1.54) is 5.01 Å². The van der Waals surface area contributed by atoms with E-state index in [0.717, 1.165) is 31.6 Å². The molecule has 1 aliphatic heterocycles. The van der Waals surface area contributed by atoms with Crippen LogP contribution in [0.5, 0.6) is 0 Å². The Morgan fingerprint density at radius 1 is 1.33 bits per heavy atom. The first-order chi connectivity index (χ1) is 9.95. The van der Waals surface area contributed by atoms with E-state index in [2.05, 4.69) is 36.5 Å². The molecule has 1 atom stereocenters. The minimum Gasteiger partial charge on any atom is -0.306 e. The van der Waals surface area contributed by atoms with Gasteiger partial charge in [-0.15, -0.1) is 11.3 Å². The van der Waals surface area contributed by atoms with Gasteiger partial charge in [-0.25, -0.2) is 13.8 Å². The van der Waals surface area contributed by atoms with Crippen LogP contribution in [0.15, 0.2) is 5.38 Å². The molecule has 120 valence electrons. The molecule has 1 aromatic rings. The fourth-order valence-electron chi connectivity index (χ4n) is 2.68. The van der Waals surface area contributed by atoms with Gasteiger partial charge in [-0.1, -0.05) is 13.8 Å². The third-order valence-electron chi connectivity index (χ3n) is 3.95. The lowest BCUT2D eigenvalue weighted by molar-refractivity contribution is 0.0722. The Labute approximate surface area is 129 Å². The molecule has 1 aromatic heterocycles. The van der Waals surface area contributed by atoms with E-state index in [4.69, 9.17) is 0 Å². The zero-order chi connectivity index (χ0) is 15.4. The highest BCUT2D eigenvalue weighted by atomic mass is 32.1. The molecule has 0 spiro atoms. The molecule has 2 heterocycles. The van der Waals surface area contributed by atoms with Crippen LogP contribution >= 0.6 is 11.3 Å². The fraction of sp³-hybridized carbons (Fsp3) is 0.800. The fourth-order valence-corrected chi connectivity index (χ4v) is 3.61. The van der Waals surface area contributed by atoms with E-state index in [1.807, 2.05) is 4.90 Å². The maximum atomic E-state index is 12.4. The molecule has 0 amide bonds. The summed E-state index contributed by atoms with van der Waals surface area (Å²) >= 11 is 1.71. The number of piperidine rings is 1. The van der Waals surface area contributed by atoms with Crippen molar-refractivity contribution in [3.05, 3.63) is 16.1 Å². The van der Waals surface area contributed by atoms with Gasteiger partial charge in [0, 0.05) is 23.4 Å². The van der Waals surface area contributed by atoms with Gasteiger partial charge in [-0.2, -0.15) is 0 Å². The topological polar surface area (TPSA) is 28.2 Å². The Morgan fingerprint density at radius 3 is 2.52 bits per heavy atom. The van der Waals surface area contributed by atoms with Crippen LogP contribution in [0, 0.1) is 0 Å². The Hall–Kier alpha value is -0.590. The second-order valence-electron chi connectivity index (χ2n) is 6.12. The normalized spacial score (nSPS) is 19.6. The summed E-state index contributed by atoms with van der Waals surface area (Å²) in [6.07, 6.45) is -0.367. The summed E-state index contributed by atoms with van der Waals surface area (Å²) in [4.78, 5) is 6.53. The van der Waals surface area contributed by atoms with Crippen molar-refractivity contribution in [3.63, 3.8) is 0 Å². The smallest absolute Gasteiger partial charge is 0.251 e. The quantitative estimate of drug-likeness (QED) is 0.868. The molecular weight excluding hydrogens is 292 g/mol. The van der Waals surface area contributed by atoms with Crippen molar-refractivity contribution in [2.75, 3.05) is 19.6 Å². The number of thiazole rings is 1. The third kappa shape index (κ3) is 4.97. The first kappa shape index (κ1) is 16.8. The van der Waals surface area contributed by atoms with Gasteiger partial charge in [-0.3, -0.25) is 4.90 Å². The number of likely N-dealkylation sites (tertiary alicyclic amines) is 1. The summed E-state index contributed by atoms with van der Waals surface area (Å²) < 4.78 is 24.7. The minimum atomic E-state index is -2.22. The largest absolute Gasteiger partial charge is 0.306 e. The molecule has 0 unspecified atom stereocenters. The molecule has 1 N–H and O–H groups in total. The lowest BCUT2D eigenvalue weighted by Gasteiger charge is -2.33. The molecule has 1 aliphatic rings. The molecule has 0 saturated carbocycles. The third-order valence-corrected chi connectivity index (χ3v) is 5.11. The summed E-state index contributed by atoms with van der Waals surface area (Å²) in [6, 6.07) is 0.624. The Kier molecular flexibility index (Phi) is 6.08. The van der Waals surface area contributed by atoms with E-state index >= 15 is 0 Å². The van der Waals surface area contributed by atoms with Crippen LogP contribution in [0.2, 0.25) is 0 Å². The second-order valence-corrected chi connectivity index (χ2v) is 7.01. The van der Waals surface area contributed by atoms with Crippen LogP contribution < -0.4 is 5.32 Å². The lowest BCUT2D eigenvalue weighted by Crippen LogP contribution is -2.44. The summed E-state index contributed by atoms with van der Waals surface area (Å²) in [5.74, 6) is 0.466. The van der Waals surface area contributed by atoms with Crippen molar-refractivity contribution in [3.8, 4) is 0 Å². The van der Waals surface area contributed by atoms with Gasteiger partial charge < -0.3 is 5.32 Å². The Bertz CT molecular complexity index is 428. The van der Waals surface area contributed by atoms with Gasteiger partial charge >= 0.3 is 0 Å². The number of rotatable bonds is 6. The van der Waals surface area contributed by atoms with E-state index in [1.54, 1.807) is 11.3 Å². The SMILES string of the molecule is CC(C)c1nc([C@@H](C)NC2CCN(CC(F)F)CC2)cs1. The van der Waals surface area contributed by atoms with Gasteiger partial charge in [0.05, 0.1) is 17.2 Å². The van der Waals surface area contributed by atoms with Crippen molar-refractivity contribution in [1.29, 1.82) is 0 Å². The number of aromatic nitrogens is 1. The maximum Gasteiger partial charge on any atom is 0.251 e. The molecule has 0 bridgehead atoms. The molecule has 3 nitrogen and oxygen atoms in total. The standard InChI is InChI=1S/C15H25F2N3S/c1-10(2)15-19-13(9-21-15)11(3)18-12-4-6-20(7-5-12)8-14(16)17/h9-12,14,18H,4-8H2,1-3H3/t11-/m1/s1. The monoisotopic (exact) mass is 317 g/mol. The van der Waals surface area contributed by atoms with E-state index in [9.17, 15) is 8.78 Å². The predicted molar refractivity (Wildman–Crippen MR) is 83.2 cm³/mol. The lowest BCUT2D eigenvalue weighted by atomic mass is 10.0. The highest BCUT2D eigenvalue weighted by molar-refractivity contribution is 7.09. The summed E-state index contributed by atoms with van der Waals surface area (Å²) in [5.41, 5.74) is 1.10. The number of hydrogen-bond acceptors (Lipinski definition) is 4. The zero-order valence-corrected chi connectivity index (χ0v) is 13.8. The average Bonchev–Trinajstić information content (AvgIpc) is 2.90. The highest BCUT2D eigenvalue weighted by Crippen LogP contribution is 2.24. The van der Waals surface area contributed by atoms with Crippen LogP contribution in [-0.4, -0.2) is 42.0 Å². The first-order valence-electron chi connectivity index (χ1n) is 7.67. The number of nitrogens with one attached hydrogen (secondary N) is 1. The number of nitrogens with zero attached hydrogens (tertiary/aromatic N) is 2. The first-order valence-corrected chi connectivity index (χ1v) is 8.55. The van der Waals surface area contributed by atoms with Gasteiger partial charge in [0.2, 0.25) is 0 Å². The molecule has 2 rings (SSSR count). The van der Waals surface area contributed by atoms with E-state index < -0.39 is 6.43 Å². The molecule has 1 saturated heterocycles. The van der Waals surface area contributed by atoms with Crippen molar-refractivity contribution in [1.82, 2.24) is 15.2 Å². The molecule has 0 aliphatic carbocycles. The van der Waals surface area contributed by atoms with Gasteiger partial charge in [0.15, 0.2) is 0 Å². The van der Waals surface area contributed by atoms with E-state index in [-0.39, 0.29) is 12.6 Å². The van der Waals surface area contributed by atoms with Crippen LogP contribution in [-0.2, 0) is 0 Å². The summed E-state index contributed by atoms with van der Waals surface area (Å²) in [5, 5.41) is 6.89. The van der Waals surface area contributed by atoms with Crippen molar-refractivity contribution < 1.29 is 8.78 Å². The number of alkyl halides is 2. The molecule has 0 aromatic carbocycles. The number of hydrogen-bond donors (Lipinski definition) is 1. The molecule has 1 fully saturated rings. The van der Waals surface area contributed by atoms with Crippen molar-refractivity contribution in [2.45, 2.75) is 58.0 Å². The van der Waals surface area contributed by atoms with Gasteiger partial charge in [0.1, 0.15) is 0 Å². The Morgan fingerprint density at radius 2 is 2.00 bits per heavy atom. The van der Waals surface area contributed by atoms with Gasteiger partial charge in [0.25, 0.3) is 6.43 Å². The van der Waals surface area contributed by atoms with Crippen LogP contribution in [0.1, 0.15) is 56.3 Å².